The summed E-state index contributed by atoms with van der Waals surface area (Å²) in [5.41, 5.74) is 1.50. The van der Waals surface area contributed by atoms with Crippen LogP contribution in [0.15, 0.2) is 42.6 Å². The number of carbonyl (C=O) groups is 1. The average Bonchev–Trinajstić information content (AvgIpc) is 3.14. The maximum absolute atomic E-state index is 12.7. The van der Waals surface area contributed by atoms with Gasteiger partial charge in [0, 0.05) is 5.39 Å². The third-order valence-corrected chi connectivity index (χ3v) is 5.25. The van der Waals surface area contributed by atoms with Crippen LogP contribution in [0.2, 0.25) is 0 Å². The minimum atomic E-state index is -1.60. The first-order chi connectivity index (χ1) is 14.4. The number of aromatic nitrogens is 3. The molecule has 0 saturated carbocycles. The van der Waals surface area contributed by atoms with Crippen molar-refractivity contribution in [2.24, 2.45) is 0 Å². The molecule has 3 heterocycles. The maximum Gasteiger partial charge on any atom is 0.255 e. The van der Waals surface area contributed by atoms with Crippen LogP contribution >= 0.6 is 0 Å². The van der Waals surface area contributed by atoms with E-state index < -0.39 is 43.2 Å². The quantitative estimate of drug-likeness (QED) is 0.375. The van der Waals surface area contributed by atoms with Gasteiger partial charge in [0.2, 0.25) is 0 Å². The summed E-state index contributed by atoms with van der Waals surface area (Å²) in [7, 11) is 0. The van der Waals surface area contributed by atoms with Gasteiger partial charge in [-0.2, -0.15) is 5.10 Å². The summed E-state index contributed by atoms with van der Waals surface area (Å²) in [4.78, 5) is 17.3. The first kappa shape index (κ1) is 20.4. The van der Waals surface area contributed by atoms with Crippen molar-refractivity contribution in [3.8, 4) is 5.82 Å². The van der Waals surface area contributed by atoms with E-state index in [1.54, 1.807) is 13.0 Å². The third-order valence-electron chi connectivity index (χ3n) is 5.25. The zero-order valence-corrected chi connectivity index (χ0v) is 16.1. The van der Waals surface area contributed by atoms with Gasteiger partial charge in [-0.1, -0.05) is 18.2 Å². The van der Waals surface area contributed by atoms with Crippen molar-refractivity contribution in [2.45, 2.75) is 37.6 Å². The molecule has 1 amide bonds. The summed E-state index contributed by atoms with van der Waals surface area (Å²) < 4.78 is 6.58. The number of pyridine rings is 1. The SMILES string of the molecule is Cc1c(C(=O)NC2C(O)O[C@H](CO)C(O)[C@@H]2O)cnn1-c1ccc2ccccc2n1. The van der Waals surface area contributed by atoms with E-state index in [2.05, 4.69) is 15.4 Å². The van der Waals surface area contributed by atoms with Gasteiger partial charge in [-0.3, -0.25) is 4.79 Å². The fourth-order valence-corrected chi connectivity index (χ4v) is 3.52. The fourth-order valence-electron chi connectivity index (χ4n) is 3.52. The molecule has 1 aliphatic rings. The number of benzene rings is 1. The van der Waals surface area contributed by atoms with Gasteiger partial charge in [-0.15, -0.1) is 0 Å². The Labute approximate surface area is 171 Å². The molecular formula is C20H22N4O6. The van der Waals surface area contributed by atoms with E-state index in [1.165, 1.54) is 10.9 Å². The van der Waals surface area contributed by atoms with Crippen LogP contribution in [0.3, 0.4) is 0 Å². The molecule has 0 radical (unpaired) electrons. The molecule has 4 rings (SSSR count). The van der Waals surface area contributed by atoms with Gasteiger partial charge in [0.15, 0.2) is 12.1 Å². The van der Waals surface area contributed by atoms with Gasteiger partial charge in [-0.05, 0) is 25.1 Å². The Bertz CT molecular complexity index is 1070. The lowest BCUT2D eigenvalue weighted by Crippen LogP contribution is -2.64. The monoisotopic (exact) mass is 414 g/mol. The van der Waals surface area contributed by atoms with Crippen LogP contribution in [0.4, 0.5) is 0 Å². The molecule has 158 valence electrons. The summed E-state index contributed by atoms with van der Waals surface area (Å²) in [6.07, 6.45) is -4.37. The predicted octanol–water partition coefficient (Wildman–Crippen LogP) is -0.741. The van der Waals surface area contributed by atoms with Crippen LogP contribution in [-0.4, -0.2) is 78.3 Å². The van der Waals surface area contributed by atoms with Crippen LogP contribution in [0.5, 0.6) is 0 Å². The molecule has 0 aliphatic carbocycles. The van der Waals surface area contributed by atoms with E-state index >= 15 is 0 Å². The van der Waals surface area contributed by atoms with Crippen molar-refractivity contribution in [3.63, 3.8) is 0 Å². The highest BCUT2D eigenvalue weighted by atomic mass is 16.6. The van der Waals surface area contributed by atoms with E-state index in [0.29, 0.717) is 11.5 Å². The van der Waals surface area contributed by atoms with Crippen molar-refractivity contribution in [1.82, 2.24) is 20.1 Å². The van der Waals surface area contributed by atoms with Gasteiger partial charge < -0.3 is 30.5 Å². The van der Waals surface area contributed by atoms with Crippen molar-refractivity contribution < 1.29 is 30.0 Å². The zero-order valence-electron chi connectivity index (χ0n) is 16.1. The predicted molar refractivity (Wildman–Crippen MR) is 105 cm³/mol. The van der Waals surface area contributed by atoms with E-state index in [9.17, 15) is 20.1 Å². The van der Waals surface area contributed by atoms with Crippen molar-refractivity contribution >= 4 is 16.8 Å². The zero-order chi connectivity index (χ0) is 21.4. The van der Waals surface area contributed by atoms with Crippen LogP contribution in [0.25, 0.3) is 16.7 Å². The number of rotatable bonds is 4. The number of nitrogens with zero attached hydrogens (tertiary/aromatic N) is 3. The summed E-state index contributed by atoms with van der Waals surface area (Å²) in [6.45, 7) is 1.11. The van der Waals surface area contributed by atoms with E-state index in [0.717, 1.165) is 10.9 Å². The fraction of sp³-hybridized carbons (Fsp3) is 0.350. The number of para-hydroxylation sites is 1. The van der Waals surface area contributed by atoms with Gasteiger partial charge in [0.1, 0.15) is 24.4 Å². The second-order valence-corrected chi connectivity index (χ2v) is 7.15. The molecule has 2 aromatic heterocycles. The minimum absolute atomic E-state index is 0.211. The number of fused-ring (bicyclic) bond motifs is 1. The van der Waals surface area contributed by atoms with Crippen molar-refractivity contribution in [3.05, 3.63) is 53.9 Å². The highest BCUT2D eigenvalue weighted by Crippen LogP contribution is 2.21. The summed E-state index contributed by atoms with van der Waals surface area (Å²) in [5, 5.41) is 47.1. The van der Waals surface area contributed by atoms with Gasteiger partial charge in [0.25, 0.3) is 5.91 Å². The summed E-state index contributed by atoms with van der Waals surface area (Å²) >= 11 is 0. The molecule has 0 spiro atoms. The van der Waals surface area contributed by atoms with Crippen molar-refractivity contribution in [2.75, 3.05) is 6.61 Å². The lowest BCUT2D eigenvalue weighted by atomic mass is 9.97. The van der Waals surface area contributed by atoms with Crippen LogP contribution in [0, 0.1) is 6.92 Å². The van der Waals surface area contributed by atoms with Crippen LogP contribution in [0.1, 0.15) is 16.1 Å². The van der Waals surface area contributed by atoms with Gasteiger partial charge in [-0.25, -0.2) is 9.67 Å². The molecule has 3 aromatic rings. The number of hydrogen-bond acceptors (Lipinski definition) is 8. The molecule has 1 fully saturated rings. The Kier molecular flexibility index (Phi) is 5.50. The third kappa shape index (κ3) is 3.55. The maximum atomic E-state index is 12.7. The number of aliphatic hydroxyl groups is 4. The molecular weight excluding hydrogens is 392 g/mol. The molecule has 3 unspecified atom stereocenters. The molecule has 10 heteroatoms. The first-order valence-electron chi connectivity index (χ1n) is 9.43. The Morgan fingerprint density at radius 1 is 1.17 bits per heavy atom. The summed E-state index contributed by atoms with van der Waals surface area (Å²) in [6, 6.07) is 10.0. The highest BCUT2D eigenvalue weighted by molar-refractivity contribution is 5.95. The molecule has 1 aliphatic heterocycles. The smallest absolute Gasteiger partial charge is 0.255 e. The second-order valence-electron chi connectivity index (χ2n) is 7.15. The Hall–Kier alpha value is -2.89. The number of amides is 1. The largest absolute Gasteiger partial charge is 0.394 e. The number of hydrogen-bond donors (Lipinski definition) is 5. The van der Waals surface area contributed by atoms with Crippen LogP contribution in [-0.2, 0) is 4.74 Å². The molecule has 1 saturated heterocycles. The molecule has 10 nitrogen and oxygen atoms in total. The second kappa shape index (κ2) is 8.09. The molecule has 5 atom stereocenters. The average molecular weight is 414 g/mol. The van der Waals surface area contributed by atoms with Crippen molar-refractivity contribution in [1.29, 1.82) is 0 Å². The normalized spacial score (nSPS) is 26.6. The van der Waals surface area contributed by atoms with Gasteiger partial charge >= 0.3 is 0 Å². The topological polar surface area (TPSA) is 150 Å². The standard InChI is InChI=1S/C20H22N4O6/c1-10-12(19(28)23-16-18(27)17(26)14(9-25)30-20(16)29)8-21-24(10)15-7-6-11-4-2-3-5-13(11)22-15/h2-8,14,16-18,20,25-27,29H,9H2,1H3,(H,23,28)/t14-,16?,17?,18-,20?/m1/s1. The minimum Gasteiger partial charge on any atom is -0.394 e. The Balaban J connectivity index is 1.56. The molecule has 30 heavy (non-hydrogen) atoms. The number of aliphatic hydroxyl groups excluding tert-OH is 4. The molecule has 1 aromatic carbocycles. The van der Waals surface area contributed by atoms with Gasteiger partial charge in [0.05, 0.1) is 29.6 Å². The summed E-state index contributed by atoms with van der Waals surface area (Å²) in [5.74, 6) is -0.0755. The first-order valence-corrected chi connectivity index (χ1v) is 9.43. The number of ether oxygens (including phenoxy) is 1. The molecule has 5 N–H and O–H groups in total. The number of carbonyl (C=O) groups excluding carboxylic acids is 1. The molecule has 0 bridgehead atoms. The van der Waals surface area contributed by atoms with E-state index in [1.807, 2.05) is 30.3 Å². The number of nitrogens with one attached hydrogen (secondary N) is 1. The Morgan fingerprint density at radius 3 is 2.70 bits per heavy atom. The van der Waals surface area contributed by atoms with E-state index in [-0.39, 0.29) is 5.56 Å². The highest BCUT2D eigenvalue weighted by Gasteiger charge is 2.44. The lowest BCUT2D eigenvalue weighted by Gasteiger charge is -2.40. The lowest BCUT2D eigenvalue weighted by molar-refractivity contribution is -0.252. The van der Waals surface area contributed by atoms with Crippen LogP contribution < -0.4 is 5.32 Å². The Morgan fingerprint density at radius 2 is 1.93 bits per heavy atom. The van der Waals surface area contributed by atoms with E-state index in [4.69, 9.17) is 9.84 Å².